The van der Waals surface area contributed by atoms with Gasteiger partial charge >= 0.3 is 6.09 Å². The van der Waals surface area contributed by atoms with E-state index in [1.54, 1.807) is 24.3 Å². The third kappa shape index (κ3) is 4.94. The summed E-state index contributed by atoms with van der Waals surface area (Å²) in [7, 11) is 0. The zero-order valence-corrected chi connectivity index (χ0v) is 17.6. The number of carbonyl (C=O) groups excluding carboxylic acids is 1. The largest absolute Gasteiger partial charge is 0.465 e. The lowest BCUT2D eigenvalue weighted by Gasteiger charge is -2.25. The van der Waals surface area contributed by atoms with Crippen LogP contribution in [0, 0.1) is 5.82 Å². The fourth-order valence-electron chi connectivity index (χ4n) is 3.44. The van der Waals surface area contributed by atoms with Crippen LogP contribution in [0.3, 0.4) is 0 Å². The summed E-state index contributed by atoms with van der Waals surface area (Å²) < 4.78 is 13.4. The molecule has 0 aliphatic carbocycles. The average molecular weight is 456 g/mol. The highest BCUT2D eigenvalue weighted by Crippen LogP contribution is 2.28. The Bertz CT molecular complexity index is 1220. The van der Waals surface area contributed by atoms with E-state index < -0.39 is 11.9 Å². The van der Waals surface area contributed by atoms with Crippen molar-refractivity contribution in [2.75, 3.05) is 23.7 Å². The Labute approximate surface area is 187 Å². The van der Waals surface area contributed by atoms with Crippen LogP contribution in [0.2, 0.25) is 5.02 Å². The smallest absolute Gasteiger partial charge is 0.407 e. The van der Waals surface area contributed by atoms with Gasteiger partial charge in [-0.2, -0.15) is 0 Å². The molecule has 1 aliphatic heterocycles. The summed E-state index contributed by atoms with van der Waals surface area (Å²) >= 11 is 5.85. The third-order valence-corrected chi connectivity index (χ3v) is 5.39. The zero-order chi connectivity index (χ0) is 22.7. The van der Waals surface area contributed by atoms with Crippen LogP contribution < -0.4 is 10.6 Å². The molecule has 0 unspecified atom stereocenters. The van der Waals surface area contributed by atoms with Gasteiger partial charge in [0.2, 0.25) is 5.91 Å². The van der Waals surface area contributed by atoms with Crippen LogP contribution in [-0.2, 0) is 4.79 Å². The highest BCUT2D eigenvalue weighted by atomic mass is 35.5. The van der Waals surface area contributed by atoms with Crippen molar-refractivity contribution < 1.29 is 19.1 Å². The highest BCUT2D eigenvalue weighted by Gasteiger charge is 2.18. The number of rotatable bonds is 4. The summed E-state index contributed by atoms with van der Waals surface area (Å²) in [6.45, 7) is 0.758. The fourth-order valence-corrected chi connectivity index (χ4v) is 3.62. The number of likely N-dealkylation sites (tertiary alicyclic amines) is 1. The van der Waals surface area contributed by atoms with Gasteiger partial charge in [-0.25, -0.2) is 19.2 Å². The number of carboxylic acid groups (broad SMARTS) is 1. The van der Waals surface area contributed by atoms with Crippen molar-refractivity contribution in [1.29, 1.82) is 0 Å². The molecule has 1 saturated heterocycles. The molecule has 164 valence electrons. The number of piperidine rings is 1. The second kappa shape index (κ2) is 9.19. The van der Waals surface area contributed by atoms with E-state index in [4.69, 9.17) is 16.7 Å². The summed E-state index contributed by atoms with van der Waals surface area (Å²) in [6.07, 6.45) is 3.03. The Morgan fingerprint density at radius 3 is 2.56 bits per heavy atom. The van der Waals surface area contributed by atoms with Crippen molar-refractivity contribution in [3.63, 3.8) is 0 Å². The van der Waals surface area contributed by atoms with Crippen LogP contribution >= 0.6 is 11.6 Å². The monoisotopic (exact) mass is 455 g/mol. The molecule has 1 fully saturated rings. The van der Waals surface area contributed by atoms with E-state index in [9.17, 15) is 14.0 Å². The lowest BCUT2D eigenvalue weighted by Crippen LogP contribution is -2.35. The quantitative estimate of drug-likeness (QED) is 0.487. The summed E-state index contributed by atoms with van der Waals surface area (Å²) in [6, 6.07) is 9.49. The van der Waals surface area contributed by atoms with Crippen molar-refractivity contribution in [1.82, 2.24) is 14.9 Å². The lowest BCUT2D eigenvalue weighted by atomic mass is 10.0. The van der Waals surface area contributed by atoms with Gasteiger partial charge in [0.05, 0.1) is 10.5 Å². The molecule has 4 rings (SSSR count). The Hall–Kier alpha value is -3.72. The minimum absolute atomic E-state index is 0.0106. The molecule has 1 aromatic heterocycles. The van der Waals surface area contributed by atoms with E-state index in [0.29, 0.717) is 54.0 Å². The van der Waals surface area contributed by atoms with Crippen molar-refractivity contribution in [3.05, 3.63) is 65.2 Å². The van der Waals surface area contributed by atoms with Crippen LogP contribution in [0.15, 0.2) is 54.4 Å². The number of halogens is 2. The number of aromatic nitrogens is 2. The van der Waals surface area contributed by atoms with Gasteiger partial charge in [0.1, 0.15) is 18.0 Å². The summed E-state index contributed by atoms with van der Waals surface area (Å²) in [5.74, 6) is -0.328. The predicted molar refractivity (Wildman–Crippen MR) is 120 cm³/mol. The van der Waals surface area contributed by atoms with Gasteiger partial charge in [0.15, 0.2) is 0 Å². The van der Waals surface area contributed by atoms with Crippen molar-refractivity contribution in [2.45, 2.75) is 12.8 Å². The molecule has 8 nitrogen and oxygen atoms in total. The van der Waals surface area contributed by atoms with E-state index in [0.717, 1.165) is 5.57 Å². The van der Waals surface area contributed by atoms with E-state index in [2.05, 4.69) is 20.6 Å². The number of hydrogen-bond donors (Lipinski definition) is 3. The predicted octanol–water partition coefficient (Wildman–Crippen LogP) is 4.80. The first-order valence-electron chi connectivity index (χ1n) is 9.84. The molecule has 1 aliphatic rings. The van der Waals surface area contributed by atoms with Gasteiger partial charge in [-0.15, -0.1) is 0 Å². The van der Waals surface area contributed by atoms with Gasteiger partial charge in [0, 0.05) is 35.9 Å². The number of carbonyl (C=O) groups is 2. The summed E-state index contributed by atoms with van der Waals surface area (Å²) in [4.78, 5) is 33.3. The first kappa shape index (κ1) is 21.5. The molecule has 0 saturated carbocycles. The molecule has 0 atom stereocenters. The lowest BCUT2D eigenvalue weighted by molar-refractivity contribution is -0.112. The van der Waals surface area contributed by atoms with Gasteiger partial charge in [0.25, 0.3) is 0 Å². The standard InChI is InChI=1S/C22H19ClFN5O3/c23-17-11-15(1-3-18(17)24)28-21-16-10-14(2-4-19(16)25-12-26-21)27-20(30)9-13-5-7-29(8-6-13)22(31)32/h1-4,9-12H,5-8H2,(H,27,30)(H,31,32)(H,25,26,28). The van der Waals surface area contributed by atoms with Crippen molar-refractivity contribution in [3.8, 4) is 0 Å². The molecular formula is C22H19ClFN5O3. The van der Waals surface area contributed by atoms with Crippen molar-refractivity contribution in [2.24, 2.45) is 0 Å². The van der Waals surface area contributed by atoms with Crippen LogP contribution in [0.25, 0.3) is 10.9 Å². The van der Waals surface area contributed by atoms with Crippen LogP contribution in [0.4, 0.5) is 26.4 Å². The topological polar surface area (TPSA) is 107 Å². The van der Waals surface area contributed by atoms with Crippen molar-refractivity contribution >= 4 is 51.7 Å². The third-order valence-electron chi connectivity index (χ3n) is 5.10. The van der Waals surface area contributed by atoms with Gasteiger partial charge in [-0.1, -0.05) is 17.2 Å². The van der Waals surface area contributed by atoms with Crippen LogP contribution in [-0.4, -0.2) is 45.1 Å². The maximum absolute atomic E-state index is 13.4. The van der Waals surface area contributed by atoms with Gasteiger partial charge in [-0.3, -0.25) is 4.79 Å². The van der Waals surface area contributed by atoms with E-state index >= 15 is 0 Å². The van der Waals surface area contributed by atoms with Crippen LogP contribution in [0.1, 0.15) is 12.8 Å². The Morgan fingerprint density at radius 1 is 1.09 bits per heavy atom. The summed E-state index contributed by atoms with van der Waals surface area (Å²) in [5, 5.41) is 15.6. The number of benzene rings is 2. The molecule has 10 heteroatoms. The molecule has 0 radical (unpaired) electrons. The van der Waals surface area contributed by atoms with Gasteiger partial charge in [-0.05, 0) is 49.2 Å². The number of amides is 2. The molecule has 2 amide bonds. The van der Waals surface area contributed by atoms with Crippen LogP contribution in [0.5, 0.6) is 0 Å². The number of nitrogens with one attached hydrogen (secondary N) is 2. The first-order valence-corrected chi connectivity index (χ1v) is 10.2. The number of hydrogen-bond acceptors (Lipinski definition) is 5. The number of anilines is 3. The highest BCUT2D eigenvalue weighted by molar-refractivity contribution is 6.31. The minimum Gasteiger partial charge on any atom is -0.465 e. The molecule has 2 aromatic carbocycles. The Balaban J connectivity index is 1.51. The maximum atomic E-state index is 13.4. The average Bonchev–Trinajstić information content (AvgIpc) is 2.77. The first-order chi connectivity index (χ1) is 15.4. The van der Waals surface area contributed by atoms with Gasteiger partial charge < -0.3 is 20.6 Å². The SMILES string of the molecule is O=C(C=C1CCN(C(=O)O)CC1)Nc1ccc2ncnc(Nc3ccc(F)c(Cl)c3)c2c1. The minimum atomic E-state index is -0.945. The molecular weight excluding hydrogens is 437 g/mol. The molecule has 0 spiro atoms. The second-order valence-corrected chi connectivity index (χ2v) is 7.68. The number of nitrogens with zero attached hydrogens (tertiary/aromatic N) is 3. The van der Waals surface area contributed by atoms with E-state index in [-0.39, 0.29) is 10.9 Å². The summed E-state index contributed by atoms with van der Waals surface area (Å²) in [5.41, 5.74) is 2.67. The fraction of sp³-hybridized carbons (Fsp3) is 0.182. The number of fused-ring (bicyclic) bond motifs is 1. The molecule has 3 N–H and O–H groups in total. The second-order valence-electron chi connectivity index (χ2n) is 7.27. The Kier molecular flexibility index (Phi) is 6.18. The van der Waals surface area contributed by atoms with E-state index in [1.165, 1.54) is 29.4 Å². The van der Waals surface area contributed by atoms with E-state index in [1.807, 2.05) is 0 Å². The Morgan fingerprint density at radius 2 is 1.84 bits per heavy atom. The molecule has 32 heavy (non-hydrogen) atoms. The zero-order valence-electron chi connectivity index (χ0n) is 16.8. The molecule has 3 aromatic rings. The molecule has 2 heterocycles. The maximum Gasteiger partial charge on any atom is 0.407 e. The normalized spacial score (nSPS) is 13.7. The molecule has 0 bridgehead atoms.